The topological polar surface area (TPSA) is 94.5 Å². The first-order chi connectivity index (χ1) is 15.2. The van der Waals surface area contributed by atoms with E-state index in [-0.39, 0.29) is 6.04 Å². The van der Waals surface area contributed by atoms with E-state index < -0.39 is 0 Å². The summed E-state index contributed by atoms with van der Waals surface area (Å²) in [6.45, 7) is 2.09. The summed E-state index contributed by atoms with van der Waals surface area (Å²) in [6.07, 6.45) is 5.24. The number of aromatic nitrogens is 5. The third-order valence-corrected chi connectivity index (χ3v) is 5.19. The first kappa shape index (κ1) is 18.7. The van der Waals surface area contributed by atoms with E-state index in [1.807, 2.05) is 59.2 Å². The van der Waals surface area contributed by atoms with Crippen molar-refractivity contribution in [1.82, 2.24) is 24.5 Å². The van der Waals surface area contributed by atoms with Gasteiger partial charge in [-0.05, 0) is 53.9 Å². The highest BCUT2D eigenvalue weighted by atomic mass is 15.2. The molecule has 3 N–H and O–H groups in total. The highest BCUT2D eigenvalue weighted by Crippen LogP contribution is 2.26. The maximum absolute atomic E-state index is 5.82. The van der Waals surface area contributed by atoms with Crippen LogP contribution in [0.15, 0.2) is 85.5 Å². The number of pyridine rings is 1. The zero-order chi connectivity index (χ0) is 21.2. The van der Waals surface area contributed by atoms with Crippen molar-refractivity contribution in [3.63, 3.8) is 0 Å². The van der Waals surface area contributed by atoms with Crippen molar-refractivity contribution in [3.8, 4) is 16.9 Å². The van der Waals surface area contributed by atoms with Crippen molar-refractivity contribution in [1.29, 1.82) is 0 Å². The van der Waals surface area contributed by atoms with E-state index in [9.17, 15) is 0 Å². The van der Waals surface area contributed by atoms with Gasteiger partial charge in [-0.25, -0.2) is 15.0 Å². The molecule has 152 valence electrons. The molecule has 31 heavy (non-hydrogen) atoms. The van der Waals surface area contributed by atoms with E-state index >= 15 is 0 Å². The zero-order valence-corrected chi connectivity index (χ0v) is 17.0. The summed E-state index contributed by atoms with van der Waals surface area (Å²) >= 11 is 0. The summed E-state index contributed by atoms with van der Waals surface area (Å²) in [5.41, 5.74) is 10.9. The van der Waals surface area contributed by atoms with Crippen LogP contribution in [0.2, 0.25) is 0 Å². The predicted octanol–water partition coefficient (Wildman–Crippen LogP) is 4.63. The van der Waals surface area contributed by atoms with Crippen LogP contribution < -0.4 is 11.1 Å². The number of imidazole rings is 1. The van der Waals surface area contributed by atoms with E-state index in [4.69, 9.17) is 10.7 Å². The molecule has 2 aromatic carbocycles. The first-order valence-electron chi connectivity index (χ1n) is 10.0. The fraction of sp³-hybridized carbons (Fsp3) is 0.0833. The molecule has 0 aliphatic heterocycles. The fourth-order valence-electron chi connectivity index (χ4n) is 3.57. The molecule has 0 aliphatic carbocycles. The van der Waals surface area contributed by atoms with Gasteiger partial charge in [-0.15, -0.1) is 0 Å². The van der Waals surface area contributed by atoms with Gasteiger partial charge < -0.3 is 11.1 Å². The van der Waals surface area contributed by atoms with Crippen molar-refractivity contribution in [2.24, 2.45) is 0 Å². The zero-order valence-electron chi connectivity index (χ0n) is 17.0. The number of nitrogens with two attached hydrogens (primary N) is 1. The summed E-state index contributed by atoms with van der Waals surface area (Å²) < 4.78 is 1.96. The van der Waals surface area contributed by atoms with Crippen LogP contribution in [0.4, 0.5) is 11.8 Å². The lowest BCUT2D eigenvalue weighted by Crippen LogP contribution is -2.10. The van der Waals surface area contributed by atoms with Gasteiger partial charge in [-0.2, -0.15) is 4.98 Å². The molecule has 3 heterocycles. The maximum atomic E-state index is 5.82. The molecule has 0 saturated heterocycles. The number of nitrogen functional groups attached to an aromatic ring is 1. The molecule has 7 nitrogen and oxygen atoms in total. The van der Waals surface area contributed by atoms with Crippen LogP contribution in [-0.2, 0) is 0 Å². The van der Waals surface area contributed by atoms with Gasteiger partial charge in [0.2, 0.25) is 5.95 Å². The Balaban J connectivity index is 1.45. The summed E-state index contributed by atoms with van der Waals surface area (Å²) in [5.74, 6) is 1.81. The number of benzene rings is 2. The van der Waals surface area contributed by atoms with Crippen LogP contribution in [-0.4, -0.2) is 24.5 Å². The Morgan fingerprint density at radius 2 is 1.68 bits per heavy atom. The Hall–Kier alpha value is -4.26. The second-order valence-electron chi connectivity index (χ2n) is 7.30. The minimum atomic E-state index is 0.0892. The number of rotatable bonds is 5. The van der Waals surface area contributed by atoms with Gasteiger partial charge in [0, 0.05) is 12.4 Å². The molecule has 3 aromatic heterocycles. The SMILES string of the molecule is C[C@H](Nc1nccc(-n2cnc3cc(-c4ccnc(N)c4)ccc32)n1)c1ccccc1. The summed E-state index contributed by atoms with van der Waals surface area (Å²) in [5, 5.41) is 3.37. The van der Waals surface area contributed by atoms with Gasteiger partial charge in [0.25, 0.3) is 0 Å². The molecule has 0 fully saturated rings. The second-order valence-corrected chi connectivity index (χ2v) is 7.30. The molecule has 7 heteroatoms. The summed E-state index contributed by atoms with van der Waals surface area (Å²) in [6, 6.07) is 22.1. The van der Waals surface area contributed by atoms with Gasteiger partial charge in [0.05, 0.1) is 17.1 Å². The van der Waals surface area contributed by atoms with Crippen molar-refractivity contribution < 1.29 is 0 Å². The second kappa shape index (κ2) is 7.87. The van der Waals surface area contributed by atoms with E-state index in [0.717, 1.165) is 28.0 Å². The molecule has 0 aliphatic rings. The molecule has 0 amide bonds. The van der Waals surface area contributed by atoms with Crippen LogP contribution in [0.3, 0.4) is 0 Å². The summed E-state index contributed by atoms with van der Waals surface area (Å²) in [4.78, 5) is 17.7. The number of hydrogen-bond donors (Lipinski definition) is 2. The van der Waals surface area contributed by atoms with Crippen LogP contribution >= 0.6 is 0 Å². The lowest BCUT2D eigenvalue weighted by Gasteiger charge is -2.14. The van der Waals surface area contributed by atoms with Gasteiger partial charge in [0.15, 0.2) is 0 Å². The molecule has 5 rings (SSSR count). The molecular formula is C24H21N7. The lowest BCUT2D eigenvalue weighted by atomic mass is 10.1. The van der Waals surface area contributed by atoms with Crippen LogP contribution in [0.1, 0.15) is 18.5 Å². The minimum absolute atomic E-state index is 0.0892. The highest BCUT2D eigenvalue weighted by molar-refractivity contribution is 5.83. The smallest absolute Gasteiger partial charge is 0.225 e. The van der Waals surface area contributed by atoms with Crippen molar-refractivity contribution in [2.45, 2.75) is 13.0 Å². The quantitative estimate of drug-likeness (QED) is 0.441. The fourth-order valence-corrected chi connectivity index (χ4v) is 3.57. The Morgan fingerprint density at radius 1 is 0.871 bits per heavy atom. The average Bonchev–Trinajstić information content (AvgIpc) is 3.23. The number of nitrogens with one attached hydrogen (secondary N) is 1. The largest absolute Gasteiger partial charge is 0.384 e. The molecule has 0 bridgehead atoms. The summed E-state index contributed by atoms with van der Waals surface area (Å²) in [7, 11) is 0. The van der Waals surface area contributed by atoms with Crippen molar-refractivity contribution >= 4 is 22.8 Å². The number of nitrogens with zero attached hydrogens (tertiary/aromatic N) is 5. The number of hydrogen-bond acceptors (Lipinski definition) is 6. The first-order valence-corrected chi connectivity index (χ1v) is 10.0. The molecule has 0 unspecified atom stereocenters. The molecular weight excluding hydrogens is 386 g/mol. The molecule has 0 spiro atoms. The third-order valence-electron chi connectivity index (χ3n) is 5.19. The monoisotopic (exact) mass is 407 g/mol. The van der Waals surface area contributed by atoms with E-state index in [1.54, 1.807) is 18.7 Å². The molecule has 0 saturated carbocycles. The minimum Gasteiger partial charge on any atom is -0.384 e. The lowest BCUT2D eigenvalue weighted by molar-refractivity contribution is 0.854. The average molecular weight is 407 g/mol. The Morgan fingerprint density at radius 3 is 2.52 bits per heavy atom. The van der Waals surface area contributed by atoms with E-state index in [1.165, 1.54) is 5.56 Å². The predicted molar refractivity (Wildman–Crippen MR) is 123 cm³/mol. The van der Waals surface area contributed by atoms with Crippen LogP contribution in [0.5, 0.6) is 0 Å². The number of fused-ring (bicyclic) bond motifs is 1. The molecule has 5 aromatic rings. The Bertz CT molecular complexity index is 1340. The normalized spacial score (nSPS) is 12.0. The Labute approximate surface area is 179 Å². The van der Waals surface area contributed by atoms with Gasteiger partial charge in [-0.1, -0.05) is 36.4 Å². The molecule has 1 atom stereocenters. The standard InChI is InChI=1S/C24H21N7/c1-16(17-5-3-2-4-6-17)29-24-27-12-10-23(30-24)31-15-28-20-13-18(7-8-21(20)31)19-9-11-26-22(25)14-19/h2-16H,1H3,(H2,25,26)(H,27,29,30)/t16-/m0/s1. The third kappa shape index (κ3) is 3.81. The van der Waals surface area contributed by atoms with Crippen molar-refractivity contribution in [2.75, 3.05) is 11.1 Å². The van der Waals surface area contributed by atoms with Crippen molar-refractivity contribution in [3.05, 3.63) is 91.0 Å². The highest BCUT2D eigenvalue weighted by Gasteiger charge is 2.11. The maximum Gasteiger partial charge on any atom is 0.225 e. The number of anilines is 2. The van der Waals surface area contributed by atoms with Crippen LogP contribution in [0.25, 0.3) is 28.0 Å². The van der Waals surface area contributed by atoms with E-state index in [2.05, 4.69) is 39.3 Å². The van der Waals surface area contributed by atoms with Gasteiger partial charge >= 0.3 is 0 Å². The Kier molecular flexibility index (Phi) is 4.76. The van der Waals surface area contributed by atoms with Gasteiger partial charge in [-0.3, -0.25) is 4.57 Å². The van der Waals surface area contributed by atoms with Gasteiger partial charge in [0.1, 0.15) is 18.0 Å². The molecule has 0 radical (unpaired) electrons. The van der Waals surface area contributed by atoms with Crippen LogP contribution in [0, 0.1) is 0 Å². The van der Waals surface area contributed by atoms with E-state index in [0.29, 0.717) is 11.8 Å².